The molecule has 2 fully saturated rings. The molecule has 2 N–H and O–H groups in total. The number of likely N-dealkylation sites (tertiary alicyclic amines) is 1. The number of rotatable bonds is 5. The Labute approximate surface area is 173 Å². The van der Waals surface area contributed by atoms with Crippen LogP contribution in [0.15, 0.2) is 12.4 Å². The number of carboxylic acids is 1. The number of aryl methyl sites for hydroxylation is 1. The van der Waals surface area contributed by atoms with Gasteiger partial charge >= 0.3 is 12.1 Å². The van der Waals surface area contributed by atoms with Crippen LogP contribution in [0.25, 0.3) is 0 Å². The molecule has 2 atom stereocenters. The van der Waals surface area contributed by atoms with E-state index in [9.17, 15) is 21.6 Å². The zero-order valence-electron chi connectivity index (χ0n) is 16.9. The second kappa shape index (κ2) is 9.62. The van der Waals surface area contributed by atoms with Gasteiger partial charge in [-0.1, -0.05) is 0 Å². The third kappa shape index (κ3) is 7.85. The predicted octanol–water partition coefficient (Wildman–Crippen LogP) is 1.12. The van der Waals surface area contributed by atoms with E-state index in [-0.39, 0.29) is 11.7 Å². The number of nitrogens with zero attached hydrogens (tertiary/aromatic N) is 3. The first-order chi connectivity index (χ1) is 13.8. The molecule has 0 aromatic carbocycles. The highest BCUT2D eigenvalue weighted by molar-refractivity contribution is 7.88. The van der Waals surface area contributed by atoms with Gasteiger partial charge in [0.1, 0.15) is 0 Å². The molecule has 9 nitrogen and oxygen atoms in total. The number of aliphatic carboxylic acids is 1. The Morgan fingerprint density at radius 1 is 1.43 bits per heavy atom. The van der Waals surface area contributed by atoms with Crippen molar-refractivity contribution in [2.45, 2.75) is 50.1 Å². The van der Waals surface area contributed by atoms with E-state index >= 15 is 0 Å². The highest BCUT2D eigenvalue weighted by Gasteiger charge is 2.43. The number of nitrogens with one attached hydrogen (secondary N) is 1. The molecule has 2 saturated heterocycles. The van der Waals surface area contributed by atoms with Crippen LogP contribution in [-0.2, 0) is 33.1 Å². The molecule has 0 saturated carbocycles. The Morgan fingerprint density at radius 2 is 2.10 bits per heavy atom. The highest BCUT2D eigenvalue weighted by atomic mass is 32.2. The van der Waals surface area contributed by atoms with Gasteiger partial charge in [0, 0.05) is 45.0 Å². The zero-order chi connectivity index (χ0) is 22.6. The van der Waals surface area contributed by atoms with Crippen molar-refractivity contribution in [2.75, 3.05) is 25.9 Å². The van der Waals surface area contributed by atoms with Gasteiger partial charge in [-0.3, -0.25) is 9.58 Å². The summed E-state index contributed by atoms with van der Waals surface area (Å²) in [6.07, 6.45) is 4.14. The van der Waals surface area contributed by atoms with Crippen LogP contribution in [0.5, 0.6) is 0 Å². The van der Waals surface area contributed by atoms with Crippen molar-refractivity contribution in [1.29, 1.82) is 0 Å². The zero-order valence-corrected chi connectivity index (χ0v) is 17.7. The fourth-order valence-electron chi connectivity index (χ4n) is 3.69. The Morgan fingerprint density at radius 3 is 2.63 bits per heavy atom. The minimum absolute atomic E-state index is 0.0168. The lowest BCUT2D eigenvalue weighted by atomic mass is 9.90. The summed E-state index contributed by atoms with van der Waals surface area (Å²) in [5, 5.41) is 11.3. The molecule has 1 aromatic heterocycles. The number of aromatic nitrogens is 2. The fraction of sp³-hybridized carbons (Fsp3) is 0.765. The number of alkyl halides is 3. The molecular weight excluding hydrogens is 429 g/mol. The van der Waals surface area contributed by atoms with Gasteiger partial charge in [0.15, 0.2) is 0 Å². The third-order valence-corrected chi connectivity index (χ3v) is 5.64. The minimum Gasteiger partial charge on any atom is -0.475 e. The number of ether oxygens (including phenoxy) is 1. The average Bonchev–Trinajstić information content (AvgIpc) is 3.19. The smallest absolute Gasteiger partial charge is 0.475 e. The summed E-state index contributed by atoms with van der Waals surface area (Å²) < 4.78 is 65.0. The van der Waals surface area contributed by atoms with E-state index in [4.69, 9.17) is 14.6 Å². The Balaban J connectivity index is 0.000000396. The van der Waals surface area contributed by atoms with Gasteiger partial charge in [0.05, 0.1) is 24.2 Å². The van der Waals surface area contributed by atoms with Gasteiger partial charge in [0.2, 0.25) is 10.0 Å². The Hall–Kier alpha value is -1.70. The quantitative estimate of drug-likeness (QED) is 0.683. The minimum atomic E-state index is -5.08. The molecule has 1 spiro atoms. The van der Waals surface area contributed by atoms with Crippen LogP contribution in [-0.4, -0.2) is 77.9 Å². The first-order valence-electron chi connectivity index (χ1n) is 9.40. The standard InChI is InChI=1S/C15H26N4O3S.C2HF3O2/c1-18-10-13(8-16-18)11-19-7-6-15(12-19)5-3-4-14(22-15)9-17-23(2,20)21;3-2(4,5)1(6)7/h8,10,14,17H,3-7,9,11-12H2,1-2H3;(H,6,7)/t14-,15+;/m0./s1. The van der Waals surface area contributed by atoms with Gasteiger partial charge in [-0.05, 0) is 25.7 Å². The van der Waals surface area contributed by atoms with E-state index in [1.807, 2.05) is 24.1 Å². The molecule has 3 rings (SSSR count). The van der Waals surface area contributed by atoms with Gasteiger partial charge in [-0.15, -0.1) is 0 Å². The van der Waals surface area contributed by atoms with Crippen molar-refractivity contribution in [2.24, 2.45) is 7.05 Å². The number of sulfonamides is 1. The molecule has 30 heavy (non-hydrogen) atoms. The molecule has 2 aliphatic rings. The molecule has 1 aromatic rings. The second-order valence-electron chi connectivity index (χ2n) is 7.72. The first-order valence-corrected chi connectivity index (χ1v) is 11.3. The van der Waals surface area contributed by atoms with E-state index in [1.54, 1.807) is 0 Å². The van der Waals surface area contributed by atoms with Crippen LogP contribution in [0.4, 0.5) is 13.2 Å². The van der Waals surface area contributed by atoms with E-state index in [1.165, 1.54) is 11.8 Å². The van der Waals surface area contributed by atoms with Gasteiger partial charge in [0.25, 0.3) is 0 Å². The predicted molar refractivity (Wildman–Crippen MR) is 101 cm³/mol. The van der Waals surface area contributed by atoms with Crippen molar-refractivity contribution in [3.8, 4) is 0 Å². The molecule has 0 bridgehead atoms. The molecule has 2 aliphatic heterocycles. The topological polar surface area (TPSA) is 114 Å². The van der Waals surface area contributed by atoms with Crippen LogP contribution in [0.3, 0.4) is 0 Å². The van der Waals surface area contributed by atoms with Crippen LogP contribution in [0.2, 0.25) is 0 Å². The summed E-state index contributed by atoms with van der Waals surface area (Å²) in [6.45, 7) is 3.20. The molecule has 0 amide bonds. The molecule has 0 radical (unpaired) electrons. The van der Waals surface area contributed by atoms with E-state index < -0.39 is 22.2 Å². The first kappa shape index (κ1) is 24.6. The molecule has 172 valence electrons. The molecular formula is C17H27F3N4O5S. The average molecular weight is 456 g/mol. The van der Waals surface area contributed by atoms with Crippen molar-refractivity contribution in [1.82, 2.24) is 19.4 Å². The maximum absolute atomic E-state index is 11.3. The molecule has 13 heteroatoms. The lowest BCUT2D eigenvalue weighted by Gasteiger charge is -2.38. The van der Waals surface area contributed by atoms with Crippen LogP contribution in [0.1, 0.15) is 31.2 Å². The van der Waals surface area contributed by atoms with Crippen molar-refractivity contribution < 1.29 is 36.2 Å². The Bertz CT molecular complexity index is 830. The van der Waals surface area contributed by atoms with Gasteiger partial charge in [-0.2, -0.15) is 18.3 Å². The number of carboxylic acid groups (broad SMARTS) is 1. The number of hydrogen-bond acceptors (Lipinski definition) is 6. The van der Waals surface area contributed by atoms with Crippen molar-refractivity contribution in [3.05, 3.63) is 18.0 Å². The number of halogens is 3. The van der Waals surface area contributed by atoms with Crippen LogP contribution in [0, 0.1) is 0 Å². The largest absolute Gasteiger partial charge is 0.490 e. The normalized spacial score (nSPS) is 25.2. The molecule has 3 heterocycles. The van der Waals surface area contributed by atoms with Crippen molar-refractivity contribution >= 4 is 16.0 Å². The lowest BCUT2D eigenvalue weighted by molar-refractivity contribution is -0.192. The van der Waals surface area contributed by atoms with Gasteiger partial charge in [-0.25, -0.2) is 17.9 Å². The van der Waals surface area contributed by atoms with Crippen LogP contribution >= 0.6 is 0 Å². The number of hydrogen-bond donors (Lipinski definition) is 2. The Kier molecular flexibility index (Phi) is 7.88. The fourth-order valence-corrected chi connectivity index (χ4v) is 4.17. The second-order valence-corrected chi connectivity index (χ2v) is 9.55. The third-order valence-electron chi connectivity index (χ3n) is 4.95. The maximum Gasteiger partial charge on any atom is 0.490 e. The van der Waals surface area contributed by atoms with Gasteiger partial charge < -0.3 is 9.84 Å². The lowest BCUT2D eigenvalue weighted by Crippen LogP contribution is -2.46. The molecule has 0 unspecified atom stereocenters. The maximum atomic E-state index is 11.3. The van der Waals surface area contributed by atoms with Crippen LogP contribution < -0.4 is 4.72 Å². The molecule has 0 aliphatic carbocycles. The monoisotopic (exact) mass is 456 g/mol. The summed E-state index contributed by atoms with van der Waals surface area (Å²) in [5.74, 6) is -2.76. The van der Waals surface area contributed by atoms with E-state index in [0.717, 1.165) is 45.3 Å². The van der Waals surface area contributed by atoms with E-state index in [0.29, 0.717) is 6.54 Å². The number of carbonyl (C=O) groups is 1. The SMILES string of the molecule is Cn1cc(CN2CC[C@]3(CCC[C@@H](CNS(C)(=O)=O)O3)C2)cn1.O=C(O)C(F)(F)F. The summed E-state index contributed by atoms with van der Waals surface area (Å²) in [4.78, 5) is 11.3. The highest BCUT2D eigenvalue weighted by Crippen LogP contribution is 2.37. The summed E-state index contributed by atoms with van der Waals surface area (Å²) in [6, 6.07) is 0. The summed E-state index contributed by atoms with van der Waals surface area (Å²) in [5.41, 5.74) is 1.11. The van der Waals surface area contributed by atoms with Crippen molar-refractivity contribution in [3.63, 3.8) is 0 Å². The summed E-state index contributed by atoms with van der Waals surface area (Å²) in [7, 11) is -1.23. The summed E-state index contributed by atoms with van der Waals surface area (Å²) >= 11 is 0. The van der Waals surface area contributed by atoms with E-state index in [2.05, 4.69) is 14.7 Å².